The summed E-state index contributed by atoms with van der Waals surface area (Å²) in [5.41, 5.74) is 1.12. The Hall–Kier alpha value is -4.05. The number of carboxylic acids is 1. The summed E-state index contributed by atoms with van der Waals surface area (Å²) < 4.78 is 12.5. The van der Waals surface area contributed by atoms with Crippen molar-refractivity contribution in [2.45, 2.75) is 5.16 Å². The molecular weight excluding hydrogens is 432 g/mol. The van der Waals surface area contributed by atoms with E-state index in [9.17, 15) is 14.7 Å². The Morgan fingerprint density at radius 3 is 2.62 bits per heavy atom. The number of rotatable bonds is 8. The normalized spacial score (nSPS) is 10.7. The molecule has 0 radical (unpaired) electrons. The van der Waals surface area contributed by atoms with Crippen LogP contribution in [0.1, 0.15) is 10.4 Å². The lowest BCUT2D eigenvalue weighted by Crippen LogP contribution is -2.22. The first-order valence-electron chi connectivity index (χ1n) is 9.43. The van der Waals surface area contributed by atoms with Crippen LogP contribution in [0.5, 0.6) is 5.75 Å². The van der Waals surface area contributed by atoms with Gasteiger partial charge in [-0.15, -0.1) is 10.2 Å². The van der Waals surface area contributed by atoms with Gasteiger partial charge in [0.2, 0.25) is 11.7 Å². The van der Waals surface area contributed by atoms with E-state index in [0.717, 1.165) is 5.69 Å². The van der Waals surface area contributed by atoms with Crippen LogP contribution in [0.3, 0.4) is 0 Å². The summed E-state index contributed by atoms with van der Waals surface area (Å²) in [5.74, 6) is 0.118. The molecule has 0 atom stereocenters. The molecule has 10 heteroatoms. The maximum absolute atomic E-state index is 12.4. The van der Waals surface area contributed by atoms with E-state index >= 15 is 0 Å². The number of nitrogens with one attached hydrogen (secondary N) is 1. The van der Waals surface area contributed by atoms with Gasteiger partial charge in [-0.1, -0.05) is 23.9 Å². The molecule has 0 saturated heterocycles. The number of furan rings is 1. The van der Waals surface area contributed by atoms with E-state index in [2.05, 4.69) is 15.5 Å². The second-order valence-corrected chi connectivity index (χ2v) is 7.46. The predicted molar refractivity (Wildman–Crippen MR) is 116 cm³/mol. The summed E-state index contributed by atoms with van der Waals surface area (Å²) in [5, 5.41) is 22.6. The molecule has 2 aromatic carbocycles. The molecule has 0 fully saturated rings. The number of carbonyl (C=O) groups excluding carboxylic acids is 2. The number of carboxylic acid groups (broad SMARTS) is 1. The van der Waals surface area contributed by atoms with Gasteiger partial charge in [-0.3, -0.25) is 9.36 Å². The van der Waals surface area contributed by atoms with Crippen molar-refractivity contribution in [3.8, 4) is 23.0 Å². The Balaban J connectivity index is 1.55. The van der Waals surface area contributed by atoms with Gasteiger partial charge in [0.25, 0.3) is 0 Å². The third-order valence-electron chi connectivity index (χ3n) is 4.42. The third kappa shape index (κ3) is 4.65. The van der Waals surface area contributed by atoms with Crippen LogP contribution in [0, 0.1) is 0 Å². The lowest BCUT2D eigenvalue weighted by Gasteiger charge is -2.10. The van der Waals surface area contributed by atoms with Gasteiger partial charge in [-0.05, 0) is 54.1 Å². The molecule has 0 bridgehead atoms. The first-order valence-corrected chi connectivity index (χ1v) is 10.4. The molecule has 0 unspecified atom stereocenters. The van der Waals surface area contributed by atoms with Crippen LogP contribution < -0.4 is 15.2 Å². The maximum atomic E-state index is 12.4. The van der Waals surface area contributed by atoms with Gasteiger partial charge in [-0.25, -0.2) is 0 Å². The molecule has 0 saturated carbocycles. The Labute approximate surface area is 187 Å². The minimum atomic E-state index is -1.31. The fourth-order valence-electron chi connectivity index (χ4n) is 2.94. The molecule has 0 aliphatic carbocycles. The van der Waals surface area contributed by atoms with Crippen molar-refractivity contribution in [1.29, 1.82) is 0 Å². The molecule has 4 rings (SSSR count). The molecule has 4 aromatic rings. The van der Waals surface area contributed by atoms with Gasteiger partial charge in [0, 0.05) is 5.69 Å². The number of carbonyl (C=O) groups is 2. The number of methoxy groups -OCH3 is 1. The average molecular weight is 449 g/mol. The number of ether oxygens (including phenoxy) is 1. The summed E-state index contributed by atoms with van der Waals surface area (Å²) in [4.78, 5) is 23.4. The lowest BCUT2D eigenvalue weighted by molar-refractivity contribution is -0.255. The zero-order chi connectivity index (χ0) is 22.5. The van der Waals surface area contributed by atoms with Gasteiger partial charge in [0.15, 0.2) is 10.9 Å². The van der Waals surface area contributed by atoms with Crippen molar-refractivity contribution >= 4 is 29.3 Å². The van der Waals surface area contributed by atoms with E-state index in [1.807, 2.05) is 24.3 Å². The van der Waals surface area contributed by atoms with E-state index < -0.39 is 5.97 Å². The zero-order valence-electron chi connectivity index (χ0n) is 16.8. The highest BCUT2D eigenvalue weighted by Gasteiger charge is 2.19. The molecule has 0 aliphatic heterocycles. The molecule has 2 heterocycles. The smallest absolute Gasteiger partial charge is 0.234 e. The van der Waals surface area contributed by atoms with Gasteiger partial charge in [0.05, 0.1) is 30.8 Å². The number of hydrogen-bond acceptors (Lipinski definition) is 8. The first-order chi connectivity index (χ1) is 15.5. The Morgan fingerprint density at radius 1 is 1.12 bits per heavy atom. The number of thioether (sulfide) groups is 1. The molecule has 2 aromatic heterocycles. The summed E-state index contributed by atoms with van der Waals surface area (Å²) in [6.45, 7) is 0. The van der Waals surface area contributed by atoms with E-state index in [0.29, 0.717) is 28.2 Å². The average Bonchev–Trinajstić information content (AvgIpc) is 3.48. The number of nitrogens with zero attached hydrogens (tertiary/aromatic N) is 3. The molecule has 0 aliphatic rings. The minimum absolute atomic E-state index is 0.0159. The standard InChI is InChI=1S/C22H18N4O5S/c1-30-17-9-7-16(8-10-17)26-20(18-6-3-11-31-18)24-25-22(26)32-13-19(27)23-15-5-2-4-14(12-15)21(28)29/h2-12H,13H2,1H3,(H,23,27)(H,28,29)/p-1. The Bertz CT molecular complexity index is 1240. The number of anilines is 1. The highest BCUT2D eigenvalue weighted by molar-refractivity contribution is 7.99. The number of hydrogen-bond donors (Lipinski definition) is 1. The zero-order valence-corrected chi connectivity index (χ0v) is 17.7. The highest BCUT2D eigenvalue weighted by Crippen LogP contribution is 2.29. The van der Waals surface area contributed by atoms with E-state index in [-0.39, 0.29) is 17.2 Å². The monoisotopic (exact) mass is 449 g/mol. The predicted octanol–water partition coefficient (Wildman–Crippen LogP) is 2.63. The second-order valence-electron chi connectivity index (χ2n) is 6.52. The molecule has 9 nitrogen and oxygen atoms in total. The van der Waals surface area contributed by atoms with Gasteiger partial charge in [-0.2, -0.15) is 0 Å². The molecular formula is C22H17N4O5S-. The van der Waals surface area contributed by atoms with Crippen LogP contribution >= 0.6 is 11.8 Å². The number of amides is 1. The molecule has 1 amide bonds. The third-order valence-corrected chi connectivity index (χ3v) is 5.35. The maximum Gasteiger partial charge on any atom is 0.234 e. The SMILES string of the molecule is COc1ccc(-n2c(SCC(=O)Nc3cccc(C(=O)[O-])c3)nnc2-c2ccco2)cc1. The molecule has 32 heavy (non-hydrogen) atoms. The fourth-order valence-corrected chi connectivity index (χ4v) is 3.70. The largest absolute Gasteiger partial charge is 0.545 e. The summed E-state index contributed by atoms with van der Waals surface area (Å²) in [6.07, 6.45) is 1.55. The van der Waals surface area contributed by atoms with Crippen molar-refractivity contribution < 1.29 is 23.8 Å². The Morgan fingerprint density at radius 2 is 1.94 bits per heavy atom. The number of aromatic carboxylic acids is 1. The van der Waals surface area contributed by atoms with Crippen molar-refractivity contribution in [3.63, 3.8) is 0 Å². The van der Waals surface area contributed by atoms with Gasteiger partial charge >= 0.3 is 0 Å². The quantitative estimate of drug-likeness (QED) is 0.407. The molecule has 1 N–H and O–H groups in total. The summed E-state index contributed by atoms with van der Waals surface area (Å²) >= 11 is 1.18. The van der Waals surface area contributed by atoms with Crippen LogP contribution in [0.4, 0.5) is 5.69 Å². The Kier molecular flexibility index (Phi) is 6.22. The highest BCUT2D eigenvalue weighted by atomic mass is 32.2. The van der Waals surface area contributed by atoms with Crippen LogP contribution in [0.15, 0.2) is 76.5 Å². The van der Waals surface area contributed by atoms with E-state index in [1.54, 1.807) is 36.1 Å². The minimum Gasteiger partial charge on any atom is -0.545 e. The van der Waals surface area contributed by atoms with E-state index in [4.69, 9.17) is 9.15 Å². The van der Waals surface area contributed by atoms with Crippen LogP contribution in [0.25, 0.3) is 17.3 Å². The van der Waals surface area contributed by atoms with Gasteiger partial charge in [0.1, 0.15) is 5.75 Å². The first kappa shape index (κ1) is 21.2. The summed E-state index contributed by atoms with van der Waals surface area (Å²) in [6, 6.07) is 16.7. The second kappa shape index (κ2) is 9.40. The number of benzene rings is 2. The molecule has 162 valence electrons. The van der Waals surface area contributed by atoms with Crippen LogP contribution in [0.2, 0.25) is 0 Å². The van der Waals surface area contributed by atoms with Gasteiger partial charge < -0.3 is 24.4 Å². The topological polar surface area (TPSA) is 122 Å². The van der Waals surface area contributed by atoms with Crippen molar-refractivity contribution in [3.05, 3.63) is 72.5 Å². The van der Waals surface area contributed by atoms with Crippen molar-refractivity contribution in [2.24, 2.45) is 0 Å². The van der Waals surface area contributed by atoms with Crippen LogP contribution in [-0.4, -0.2) is 39.5 Å². The number of aromatic nitrogens is 3. The van der Waals surface area contributed by atoms with E-state index in [1.165, 1.54) is 30.0 Å². The van der Waals surface area contributed by atoms with Crippen LogP contribution in [-0.2, 0) is 4.79 Å². The lowest BCUT2D eigenvalue weighted by atomic mass is 10.2. The molecule has 0 spiro atoms. The van der Waals surface area contributed by atoms with Crippen molar-refractivity contribution in [1.82, 2.24) is 14.8 Å². The fraction of sp³-hybridized carbons (Fsp3) is 0.0909. The summed E-state index contributed by atoms with van der Waals surface area (Å²) in [7, 11) is 1.59. The van der Waals surface area contributed by atoms with Crippen molar-refractivity contribution in [2.75, 3.05) is 18.2 Å².